The number of hydrogen-bond donors (Lipinski definition) is 2. The first-order valence-corrected chi connectivity index (χ1v) is 9.89. The Hall–Kier alpha value is -3.22. The minimum absolute atomic E-state index is 0.0443. The molecule has 1 aliphatic heterocycles. The van der Waals surface area contributed by atoms with Crippen LogP contribution in [-0.4, -0.2) is 18.5 Å². The number of fused-ring (bicyclic) bond motifs is 1. The summed E-state index contributed by atoms with van der Waals surface area (Å²) in [6.07, 6.45) is 0. The standard InChI is InChI=1S/C22H17Cl2N3O3/c23-15-4-6-17(7-5-15)25-22(29)26-18-8-9-20-19(11-18)27(21(28)13-30-20)12-14-2-1-3-16(24)10-14/h1-11H,12-13H2,(H2,25,26,29). The van der Waals surface area contributed by atoms with E-state index in [-0.39, 0.29) is 12.5 Å². The number of carbonyl (C=O) groups excluding carboxylic acids is 2. The minimum Gasteiger partial charge on any atom is -0.482 e. The second-order valence-electron chi connectivity index (χ2n) is 6.67. The van der Waals surface area contributed by atoms with Gasteiger partial charge in [0.15, 0.2) is 6.61 Å². The van der Waals surface area contributed by atoms with Gasteiger partial charge in [-0.15, -0.1) is 0 Å². The van der Waals surface area contributed by atoms with Crippen LogP contribution in [0.3, 0.4) is 0 Å². The SMILES string of the molecule is O=C(Nc1ccc(Cl)cc1)Nc1ccc2c(c1)N(Cc1cccc(Cl)c1)C(=O)CO2. The van der Waals surface area contributed by atoms with E-state index in [1.807, 2.05) is 18.2 Å². The summed E-state index contributed by atoms with van der Waals surface area (Å²) in [5.41, 5.74) is 2.60. The van der Waals surface area contributed by atoms with Crippen molar-refractivity contribution in [2.45, 2.75) is 6.54 Å². The number of halogens is 2. The quantitative estimate of drug-likeness (QED) is 0.556. The number of benzene rings is 3. The average Bonchev–Trinajstić information content (AvgIpc) is 2.72. The molecule has 0 bridgehead atoms. The molecule has 0 fully saturated rings. The molecule has 1 heterocycles. The van der Waals surface area contributed by atoms with Crippen LogP contribution in [0.4, 0.5) is 21.9 Å². The molecule has 3 aromatic rings. The van der Waals surface area contributed by atoms with Gasteiger partial charge in [-0.25, -0.2) is 4.79 Å². The summed E-state index contributed by atoms with van der Waals surface area (Å²) >= 11 is 11.9. The Morgan fingerprint density at radius 3 is 2.43 bits per heavy atom. The highest BCUT2D eigenvalue weighted by molar-refractivity contribution is 6.31. The van der Waals surface area contributed by atoms with Crippen molar-refractivity contribution in [2.24, 2.45) is 0 Å². The van der Waals surface area contributed by atoms with Crippen molar-refractivity contribution >= 4 is 52.2 Å². The predicted octanol–water partition coefficient (Wildman–Crippen LogP) is 5.56. The van der Waals surface area contributed by atoms with Crippen LogP contribution < -0.4 is 20.3 Å². The van der Waals surface area contributed by atoms with Gasteiger partial charge >= 0.3 is 6.03 Å². The van der Waals surface area contributed by atoms with Gasteiger partial charge in [-0.1, -0.05) is 35.3 Å². The van der Waals surface area contributed by atoms with E-state index in [1.165, 1.54) is 0 Å². The van der Waals surface area contributed by atoms with Crippen molar-refractivity contribution in [3.8, 4) is 5.75 Å². The fourth-order valence-electron chi connectivity index (χ4n) is 3.10. The molecule has 152 valence electrons. The number of anilines is 3. The summed E-state index contributed by atoms with van der Waals surface area (Å²) in [5, 5.41) is 6.68. The molecular weight excluding hydrogens is 425 g/mol. The molecule has 8 heteroatoms. The molecule has 3 aromatic carbocycles. The molecule has 30 heavy (non-hydrogen) atoms. The van der Waals surface area contributed by atoms with E-state index in [0.29, 0.717) is 39.4 Å². The lowest BCUT2D eigenvalue weighted by Gasteiger charge is -2.30. The molecule has 0 atom stereocenters. The lowest BCUT2D eigenvalue weighted by atomic mass is 10.1. The number of nitrogens with zero attached hydrogens (tertiary/aromatic N) is 1. The van der Waals surface area contributed by atoms with Gasteiger partial charge in [0, 0.05) is 21.4 Å². The fraction of sp³-hybridized carbons (Fsp3) is 0.0909. The van der Waals surface area contributed by atoms with Gasteiger partial charge in [0.25, 0.3) is 5.91 Å². The molecule has 1 aliphatic rings. The second-order valence-corrected chi connectivity index (χ2v) is 7.54. The molecule has 6 nitrogen and oxygen atoms in total. The smallest absolute Gasteiger partial charge is 0.323 e. The lowest BCUT2D eigenvalue weighted by molar-refractivity contribution is -0.121. The molecule has 2 N–H and O–H groups in total. The molecule has 0 spiro atoms. The van der Waals surface area contributed by atoms with E-state index in [0.717, 1.165) is 5.56 Å². The van der Waals surface area contributed by atoms with E-state index >= 15 is 0 Å². The van der Waals surface area contributed by atoms with Crippen molar-refractivity contribution in [1.82, 2.24) is 0 Å². The Kier molecular flexibility index (Phi) is 5.79. The highest BCUT2D eigenvalue weighted by atomic mass is 35.5. The van der Waals surface area contributed by atoms with E-state index in [9.17, 15) is 9.59 Å². The van der Waals surface area contributed by atoms with Crippen molar-refractivity contribution in [3.05, 3.63) is 82.3 Å². The number of urea groups is 1. The normalized spacial score (nSPS) is 12.7. The lowest BCUT2D eigenvalue weighted by Crippen LogP contribution is -2.38. The first-order chi connectivity index (χ1) is 14.5. The summed E-state index contributed by atoms with van der Waals surface area (Å²) in [4.78, 5) is 26.5. The number of carbonyl (C=O) groups is 2. The molecule has 0 aliphatic carbocycles. The highest BCUT2D eigenvalue weighted by Crippen LogP contribution is 2.35. The fourth-order valence-corrected chi connectivity index (χ4v) is 3.44. The molecule has 4 rings (SSSR count). The van der Waals surface area contributed by atoms with Crippen LogP contribution in [0.15, 0.2) is 66.7 Å². The van der Waals surface area contributed by atoms with Crippen molar-refractivity contribution in [1.29, 1.82) is 0 Å². The Bertz CT molecular complexity index is 1100. The molecule has 3 amide bonds. The Morgan fingerprint density at radius 1 is 0.933 bits per heavy atom. The zero-order chi connectivity index (χ0) is 21.1. The minimum atomic E-state index is -0.415. The average molecular weight is 442 g/mol. The van der Waals surface area contributed by atoms with Gasteiger partial charge in [-0.3, -0.25) is 4.79 Å². The Labute approximate surface area is 183 Å². The molecular formula is C22H17Cl2N3O3. The van der Waals surface area contributed by atoms with Crippen LogP contribution in [0.1, 0.15) is 5.56 Å². The Morgan fingerprint density at radius 2 is 1.67 bits per heavy atom. The highest BCUT2D eigenvalue weighted by Gasteiger charge is 2.26. The number of nitrogens with one attached hydrogen (secondary N) is 2. The van der Waals surface area contributed by atoms with Gasteiger partial charge in [0.1, 0.15) is 5.75 Å². The van der Waals surface area contributed by atoms with E-state index in [2.05, 4.69) is 10.6 Å². The third-order valence-electron chi connectivity index (χ3n) is 4.49. The summed E-state index contributed by atoms with van der Waals surface area (Å²) in [5.74, 6) is 0.394. The van der Waals surface area contributed by atoms with Crippen LogP contribution in [0, 0.1) is 0 Å². The summed E-state index contributed by atoms with van der Waals surface area (Å²) < 4.78 is 5.54. The van der Waals surface area contributed by atoms with Gasteiger partial charge in [-0.2, -0.15) is 0 Å². The molecule has 0 saturated carbocycles. The first kappa shape index (κ1) is 20.1. The number of amides is 3. The Balaban J connectivity index is 1.53. The van der Waals surface area contributed by atoms with Crippen LogP contribution in [0.5, 0.6) is 5.75 Å². The van der Waals surface area contributed by atoms with Crippen LogP contribution in [0.25, 0.3) is 0 Å². The van der Waals surface area contributed by atoms with Crippen LogP contribution in [-0.2, 0) is 11.3 Å². The van der Waals surface area contributed by atoms with E-state index < -0.39 is 6.03 Å². The third kappa shape index (κ3) is 4.67. The summed E-state index contributed by atoms with van der Waals surface area (Å²) in [6, 6.07) is 18.8. The maximum atomic E-state index is 12.5. The zero-order valence-corrected chi connectivity index (χ0v) is 17.2. The van der Waals surface area contributed by atoms with Gasteiger partial charge < -0.3 is 20.3 Å². The molecule has 0 aromatic heterocycles. The van der Waals surface area contributed by atoms with Gasteiger partial charge in [-0.05, 0) is 60.2 Å². The number of rotatable bonds is 4. The summed E-state index contributed by atoms with van der Waals surface area (Å²) in [7, 11) is 0. The second kappa shape index (κ2) is 8.65. The predicted molar refractivity (Wildman–Crippen MR) is 119 cm³/mol. The van der Waals surface area contributed by atoms with Crippen molar-refractivity contribution in [3.63, 3.8) is 0 Å². The molecule has 0 saturated heterocycles. The first-order valence-electron chi connectivity index (χ1n) is 9.13. The van der Waals surface area contributed by atoms with Crippen LogP contribution in [0.2, 0.25) is 10.0 Å². The maximum absolute atomic E-state index is 12.5. The largest absolute Gasteiger partial charge is 0.482 e. The molecule has 0 radical (unpaired) electrons. The number of hydrogen-bond acceptors (Lipinski definition) is 3. The van der Waals surface area contributed by atoms with Gasteiger partial charge in [0.2, 0.25) is 0 Å². The van der Waals surface area contributed by atoms with E-state index in [4.69, 9.17) is 27.9 Å². The van der Waals surface area contributed by atoms with Gasteiger partial charge in [0.05, 0.1) is 12.2 Å². The number of ether oxygens (including phenoxy) is 1. The third-order valence-corrected chi connectivity index (χ3v) is 4.98. The zero-order valence-electron chi connectivity index (χ0n) is 15.7. The maximum Gasteiger partial charge on any atom is 0.323 e. The summed E-state index contributed by atoms with van der Waals surface area (Å²) in [6.45, 7) is 0.299. The van der Waals surface area contributed by atoms with Crippen LogP contribution >= 0.6 is 23.2 Å². The van der Waals surface area contributed by atoms with Crippen molar-refractivity contribution < 1.29 is 14.3 Å². The monoisotopic (exact) mass is 441 g/mol. The molecule has 0 unspecified atom stereocenters. The topological polar surface area (TPSA) is 70.7 Å². The van der Waals surface area contributed by atoms with Crippen molar-refractivity contribution in [2.75, 3.05) is 22.1 Å². The van der Waals surface area contributed by atoms with E-state index in [1.54, 1.807) is 53.4 Å².